The highest BCUT2D eigenvalue weighted by Crippen LogP contribution is 2.36. The van der Waals surface area contributed by atoms with Crippen LogP contribution in [-0.2, 0) is 20.6 Å². The maximum Gasteiger partial charge on any atom is 0.267 e. The molecular formula is C22H19FN2O4S. The minimum absolute atomic E-state index is 0.187. The minimum Gasteiger partial charge on any atom is -0.476 e. The Labute approximate surface area is 174 Å². The van der Waals surface area contributed by atoms with Crippen molar-refractivity contribution in [2.75, 3.05) is 16.2 Å². The lowest BCUT2D eigenvalue weighted by molar-refractivity contribution is -0.122. The molecule has 0 spiro atoms. The molecule has 0 bridgehead atoms. The first-order valence-corrected chi connectivity index (χ1v) is 10.9. The van der Waals surface area contributed by atoms with Gasteiger partial charge in [-0.1, -0.05) is 48.5 Å². The Kier molecular flexibility index (Phi) is 5.41. The molecule has 1 heterocycles. The van der Waals surface area contributed by atoms with Gasteiger partial charge in [0.05, 0.1) is 18.0 Å². The molecule has 154 valence electrons. The molecule has 8 heteroatoms. The first-order valence-electron chi connectivity index (χ1n) is 9.29. The number of rotatable bonds is 5. The largest absolute Gasteiger partial charge is 0.476 e. The molecule has 3 aromatic rings. The summed E-state index contributed by atoms with van der Waals surface area (Å²) in [5, 5.41) is 2.58. The standard InChI is InChI=1S/C22H19FN2O4S/c23-17-9-6-10-18(13-17)24-22(26)21-14-25(19-11-4-5-12-20(19)29-21)30(27,28)15-16-7-2-1-3-8-16/h1-13,21H,14-15H2,(H,24,26)/t21-/m0/s1. The first kappa shape index (κ1) is 19.9. The Morgan fingerprint density at radius 2 is 1.77 bits per heavy atom. The maximum absolute atomic E-state index is 13.4. The summed E-state index contributed by atoms with van der Waals surface area (Å²) < 4.78 is 46.7. The van der Waals surface area contributed by atoms with Crippen LogP contribution in [0.25, 0.3) is 0 Å². The van der Waals surface area contributed by atoms with Crippen LogP contribution < -0.4 is 14.4 Å². The number of nitrogens with one attached hydrogen (secondary N) is 1. The first-order chi connectivity index (χ1) is 14.4. The second-order valence-corrected chi connectivity index (χ2v) is 8.74. The molecule has 1 aliphatic heterocycles. The number of nitrogens with zero attached hydrogens (tertiary/aromatic N) is 1. The number of anilines is 2. The average Bonchev–Trinajstić information content (AvgIpc) is 2.73. The number of ether oxygens (including phenoxy) is 1. The summed E-state index contributed by atoms with van der Waals surface area (Å²) in [5.74, 6) is -0.968. The van der Waals surface area contributed by atoms with E-state index >= 15 is 0 Å². The SMILES string of the molecule is O=C(Nc1cccc(F)c1)[C@@H]1CN(S(=O)(=O)Cc2ccccc2)c2ccccc2O1. The third-order valence-corrected chi connectivity index (χ3v) is 6.36. The highest BCUT2D eigenvalue weighted by Gasteiger charge is 2.36. The van der Waals surface area contributed by atoms with Gasteiger partial charge in [-0.05, 0) is 35.9 Å². The van der Waals surface area contributed by atoms with E-state index in [2.05, 4.69) is 5.32 Å². The van der Waals surface area contributed by atoms with Gasteiger partial charge >= 0.3 is 0 Å². The number of carbonyl (C=O) groups is 1. The number of hydrogen-bond acceptors (Lipinski definition) is 4. The molecule has 0 aliphatic carbocycles. The Bertz CT molecular complexity index is 1170. The third kappa shape index (κ3) is 4.28. The molecule has 1 amide bonds. The fourth-order valence-electron chi connectivity index (χ4n) is 3.25. The fraction of sp³-hybridized carbons (Fsp3) is 0.136. The summed E-state index contributed by atoms with van der Waals surface area (Å²) in [6.45, 7) is -0.187. The van der Waals surface area contributed by atoms with Crippen molar-refractivity contribution in [3.05, 3.63) is 90.2 Å². The van der Waals surface area contributed by atoms with Crippen LogP contribution in [0.3, 0.4) is 0 Å². The van der Waals surface area contributed by atoms with E-state index in [1.54, 1.807) is 54.6 Å². The topological polar surface area (TPSA) is 75.7 Å². The molecular weight excluding hydrogens is 407 g/mol. The molecule has 1 atom stereocenters. The summed E-state index contributed by atoms with van der Waals surface area (Å²) in [7, 11) is -3.78. The van der Waals surface area contributed by atoms with E-state index < -0.39 is 27.9 Å². The van der Waals surface area contributed by atoms with Crippen LogP contribution in [0.1, 0.15) is 5.56 Å². The predicted molar refractivity (Wildman–Crippen MR) is 112 cm³/mol. The zero-order chi connectivity index (χ0) is 21.1. The summed E-state index contributed by atoms with van der Waals surface area (Å²) in [5.41, 5.74) is 1.28. The van der Waals surface area contributed by atoms with Gasteiger partial charge in [0.15, 0.2) is 6.10 Å². The molecule has 0 radical (unpaired) electrons. The van der Waals surface area contributed by atoms with Crippen LogP contribution in [-0.4, -0.2) is 27.0 Å². The van der Waals surface area contributed by atoms with Crippen molar-refractivity contribution in [2.24, 2.45) is 0 Å². The lowest BCUT2D eigenvalue weighted by Gasteiger charge is -2.34. The van der Waals surface area contributed by atoms with Crippen molar-refractivity contribution in [3.63, 3.8) is 0 Å². The van der Waals surface area contributed by atoms with Crippen molar-refractivity contribution >= 4 is 27.3 Å². The number of halogens is 1. The molecule has 0 saturated carbocycles. The van der Waals surface area contributed by atoms with Crippen molar-refractivity contribution in [2.45, 2.75) is 11.9 Å². The van der Waals surface area contributed by atoms with E-state index in [1.165, 1.54) is 22.5 Å². The van der Waals surface area contributed by atoms with E-state index in [-0.39, 0.29) is 18.0 Å². The molecule has 3 aromatic carbocycles. The number of carbonyl (C=O) groups excluding carboxylic acids is 1. The van der Waals surface area contributed by atoms with Gasteiger partial charge in [0.25, 0.3) is 5.91 Å². The van der Waals surface area contributed by atoms with E-state index in [0.29, 0.717) is 17.0 Å². The third-order valence-electron chi connectivity index (χ3n) is 4.65. The Morgan fingerprint density at radius 3 is 2.53 bits per heavy atom. The Hall–Kier alpha value is -3.39. The lowest BCUT2D eigenvalue weighted by atomic mass is 10.2. The van der Waals surface area contributed by atoms with Crippen LogP contribution in [0.15, 0.2) is 78.9 Å². The lowest BCUT2D eigenvalue weighted by Crippen LogP contribution is -2.49. The van der Waals surface area contributed by atoms with Gasteiger partial charge in [0, 0.05) is 5.69 Å². The quantitative estimate of drug-likeness (QED) is 0.677. The highest BCUT2D eigenvalue weighted by atomic mass is 32.2. The van der Waals surface area contributed by atoms with E-state index in [0.717, 1.165) is 0 Å². The van der Waals surface area contributed by atoms with Crippen LogP contribution in [0.2, 0.25) is 0 Å². The van der Waals surface area contributed by atoms with E-state index in [9.17, 15) is 17.6 Å². The molecule has 0 saturated heterocycles. The molecule has 6 nitrogen and oxygen atoms in total. The smallest absolute Gasteiger partial charge is 0.267 e. The zero-order valence-corrected chi connectivity index (χ0v) is 16.7. The predicted octanol–water partition coefficient (Wildman–Crippen LogP) is 3.56. The number of benzene rings is 3. The number of hydrogen-bond donors (Lipinski definition) is 1. The molecule has 4 rings (SSSR count). The maximum atomic E-state index is 13.4. The van der Waals surface area contributed by atoms with Gasteiger partial charge in [-0.25, -0.2) is 12.8 Å². The number of fused-ring (bicyclic) bond motifs is 1. The Balaban J connectivity index is 1.61. The van der Waals surface area contributed by atoms with Crippen molar-refractivity contribution in [3.8, 4) is 5.75 Å². The summed E-state index contributed by atoms with van der Waals surface area (Å²) in [6, 6.07) is 20.9. The van der Waals surface area contributed by atoms with E-state index in [1.807, 2.05) is 6.07 Å². The Morgan fingerprint density at radius 1 is 1.03 bits per heavy atom. The number of amides is 1. The second-order valence-electron chi connectivity index (χ2n) is 6.85. The summed E-state index contributed by atoms with van der Waals surface area (Å²) in [4.78, 5) is 12.7. The molecule has 1 aliphatic rings. The second kappa shape index (κ2) is 8.16. The molecule has 1 N–H and O–H groups in total. The van der Waals surface area contributed by atoms with Gasteiger partial charge in [-0.3, -0.25) is 9.10 Å². The van der Waals surface area contributed by atoms with Gasteiger partial charge in [-0.2, -0.15) is 0 Å². The highest BCUT2D eigenvalue weighted by molar-refractivity contribution is 7.92. The van der Waals surface area contributed by atoms with Gasteiger partial charge in [-0.15, -0.1) is 0 Å². The average molecular weight is 426 g/mol. The van der Waals surface area contributed by atoms with E-state index in [4.69, 9.17) is 4.74 Å². The number of para-hydroxylation sites is 2. The van der Waals surface area contributed by atoms with Gasteiger partial charge in [0.1, 0.15) is 11.6 Å². The molecule has 0 aromatic heterocycles. The monoisotopic (exact) mass is 426 g/mol. The van der Waals surface area contributed by atoms with Crippen molar-refractivity contribution < 1.29 is 22.3 Å². The van der Waals surface area contributed by atoms with Gasteiger partial charge in [0.2, 0.25) is 10.0 Å². The van der Waals surface area contributed by atoms with Crippen LogP contribution in [0.5, 0.6) is 5.75 Å². The van der Waals surface area contributed by atoms with Crippen molar-refractivity contribution in [1.29, 1.82) is 0 Å². The van der Waals surface area contributed by atoms with Gasteiger partial charge < -0.3 is 10.1 Å². The molecule has 30 heavy (non-hydrogen) atoms. The minimum atomic E-state index is -3.78. The summed E-state index contributed by atoms with van der Waals surface area (Å²) in [6.07, 6.45) is -1.09. The van der Waals surface area contributed by atoms with Crippen LogP contribution >= 0.6 is 0 Å². The molecule has 0 fully saturated rings. The van der Waals surface area contributed by atoms with Crippen molar-refractivity contribution in [1.82, 2.24) is 0 Å². The summed E-state index contributed by atoms with van der Waals surface area (Å²) >= 11 is 0. The number of sulfonamides is 1. The van der Waals surface area contributed by atoms with Crippen LogP contribution in [0.4, 0.5) is 15.8 Å². The normalized spacial score (nSPS) is 15.8. The fourth-order valence-corrected chi connectivity index (χ4v) is 4.84. The van der Waals surface area contributed by atoms with Crippen LogP contribution in [0, 0.1) is 5.82 Å². The molecule has 0 unspecified atom stereocenters. The zero-order valence-electron chi connectivity index (χ0n) is 15.9.